The molecule has 0 fully saturated rings. The molecule has 0 saturated carbocycles. The third-order valence-corrected chi connectivity index (χ3v) is 2.47. The van der Waals surface area contributed by atoms with Crippen LogP contribution in [0.25, 0.3) is 0 Å². The van der Waals surface area contributed by atoms with Gasteiger partial charge in [0.2, 0.25) is 0 Å². The summed E-state index contributed by atoms with van der Waals surface area (Å²) in [6.45, 7) is 0. The van der Waals surface area contributed by atoms with Crippen molar-refractivity contribution in [2.45, 2.75) is 12.5 Å². The molecule has 1 aromatic carbocycles. The largest absolute Gasteiger partial charge is 0.357 e. The van der Waals surface area contributed by atoms with Gasteiger partial charge in [0.05, 0.1) is 19.6 Å². The predicted molar refractivity (Wildman–Crippen MR) is 60.1 cm³/mol. The van der Waals surface area contributed by atoms with Gasteiger partial charge in [-0.05, 0) is 12.1 Å². The lowest BCUT2D eigenvalue weighted by Crippen LogP contribution is -2.51. The maximum Gasteiger partial charge on any atom is 0.174 e. The summed E-state index contributed by atoms with van der Waals surface area (Å²) in [6, 6.07) is 7.07. The minimum Gasteiger partial charge on any atom is -0.357 e. The van der Waals surface area contributed by atoms with Crippen molar-refractivity contribution in [1.82, 2.24) is 0 Å². The number of nitrogens with one attached hydrogen (secondary N) is 1. The number of hydrogen-bond donors (Lipinski definition) is 1. The first-order chi connectivity index (χ1) is 9.57. The average molecular weight is 214 g/mol. The smallest absolute Gasteiger partial charge is 0.174 e. The molecule has 2 unspecified atom stereocenters. The topological polar surface area (TPSA) is 33.7 Å². The molecule has 0 saturated heterocycles. The van der Waals surface area contributed by atoms with E-state index in [4.69, 9.17) is 17.7 Å². The second kappa shape index (κ2) is 4.08. The van der Waals surface area contributed by atoms with Crippen molar-refractivity contribution >= 4 is 11.4 Å². The van der Waals surface area contributed by atoms with Gasteiger partial charge >= 0.3 is 0 Å². The van der Waals surface area contributed by atoms with Gasteiger partial charge in [0.25, 0.3) is 0 Å². The summed E-state index contributed by atoms with van der Waals surface area (Å²) < 4.78 is 53.2. The highest BCUT2D eigenvalue weighted by Gasteiger charge is 2.31. The van der Waals surface area contributed by atoms with E-state index in [2.05, 4.69) is 5.32 Å². The van der Waals surface area contributed by atoms with E-state index in [1.165, 1.54) is 4.90 Å². The highest BCUT2D eigenvalue weighted by molar-refractivity contribution is 5.72. The van der Waals surface area contributed by atoms with Crippen LogP contribution in [0.5, 0.6) is 0 Å². The number of methoxy groups -OCH3 is 2. The molecule has 0 radical (unpaired) electrons. The van der Waals surface area contributed by atoms with Crippen molar-refractivity contribution in [2.75, 3.05) is 31.3 Å². The predicted octanol–water partition coefficient (Wildman–Crippen LogP) is 1.49. The van der Waals surface area contributed by atoms with Crippen LogP contribution < -0.4 is 10.2 Å². The third kappa shape index (κ3) is 1.66. The van der Waals surface area contributed by atoms with Gasteiger partial charge in [-0.25, -0.2) is 0 Å². The SMILES string of the molecule is [2H]C([2H])([2H])OC1Nc2ccccc2N(C)C1OC([2H])([2H])[2H]. The van der Waals surface area contributed by atoms with Gasteiger partial charge in [-0.15, -0.1) is 0 Å². The van der Waals surface area contributed by atoms with Crippen LogP contribution in [0.2, 0.25) is 0 Å². The molecule has 0 aromatic heterocycles. The maximum atomic E-state index is 7.22. The van der Waals surface area contributed by atoms with E-state index in [1.807, 2.05) is 0 Å². The first-order valence-electron chi connectivity index (χ1n) is 7.51. The number of para-hydroxylation sites is 2. The molecule has 15 heavy (non-hydrogen) atoms. The monoisotopic (exact) mass is 214 g/mol. The van der Waals surface area contributed by atoms with E-state index in [-0.39, 0.29) is 0 Å². The third-order valence-electron chi connectivity index (χ3n) is 2.47. The normalized spacial score (nSPS) is 32.2. The lowest BCUT2D eigenvalue weighted by atomic mass is 10.2. The molecule has 0 spiro atoms. The summed E-state index contributed by atoms with van der Waals surface area (Å²) in [6.07, 6.45) is -2.24. The molecule has 1 heterocycles. The molecular formula is C11H16N2O2. The number of likely N-dealkylation sites (N-methyl/N-ethyl adjacent to an activating group) is 1. The molecule has 1 N–H and O–H groups in total. The first kappa shape index (κ1) is 5.18. The number of rotatable bonds is 2. The summed E-state index contributed by atoms with van der Waals surface area (Å²) >= 11 is 0. The molecule has 1 aliphatic rings. The number of nitrogens with zero attached hydrogens (tertiary/aromatic N) is 1. The fraction of sp³-hybridized carbons (Fsp3) is 0.455. The fourth-order valence-electron chi connectivity index (χ4n) is 1.70. The van der Waals surface area contributed by atoms with E-state index >= 15 is 0 Å². The molecule has 2 rings (SSSR count). The lowest BCUT2D eigenvalue weighted by molar-refractivity contribution is -0.0226. The molecule has 0 amide bonds. The molecule has 82 valence electrons. The van der Waals surface area contributed by atoms with Gasteiger partial charge < -0.3 is 19.7 Å². The average Bonchev–Trinajstić information content (AvgIpc) is 2.31. The number of fused-ring (bicyclic) bond motifs is 1. The van der Waals surface area contributed by atoms with Crippen LogP contribution >= 0.6 is 0 Å². The molecule has 0 bridgehead atoms. The van der Waals surface area contributed by atoms with Crippen LogP contribution in [-0.2, 0) is 9.47 Å². The van der Waals surface area contributed by atoms with Crippen molar-refractivity contribution in [3.63, 3.8) is 0 Å². The minimum atomic E-state index is -2.68. The standard InChI is InChI=1S/C11H16N2O2/c1-13-9-7-5-4-6-8(9)12-10(14-2)11(13)15-3/h4-7,10-12H,1-3H3/i2D3,3D3. The van der Waals surface area contributed by atoms with Crippen LogP contribution in [0.1, 0.15) is 8.22 Å². The molecule has 4 heteroatoms. The Balaban J connectivity index is 2.32. The summed E-state index contributed by atoms with van der Waals surface area (Å²) in [4.78, 5) is 1.54. The van der Waals surface area contributed by atoms with Gasteiger partial charge in [0, 0.05) is 21.1 Å². The van der Waals surface area contributed by atoms with Crippen LogP contribution in [0.15, 0.2) is 24.3 Å². The number of ether oxygens (including phenoxy) is 2. The number of hydrogen-bond acceptors (Lipinski definition) is 4. The molecule has 1 aromatic rings. The summed E-state index contributed by atoms with van der Waals surface area (Å²) in [5, 5.41) is 2.86. The van der Waals surface area contributed by atoms with E-state index in [9.17, 15) is 0 Å². The van der Waals surface area contributed by atoms with Crippen molar-refractivity contribution < 1.29 is 17.7 Å². The van der Waals surface area contributed by atoms with Crippen molar-refractivity contribution in [2.24, 2.45) is 0 Å². The Morgan fingerprint density at radius 1 is 1.33 bits per heavy atom. The van der Waals surface area contributed by atoms with Crippen molar-refractivity contribution in [1.29, 1.82) is 0 Å². The second-order valence-corrected chi connectivity index (χ2v) is 3.32. The maximum absolute atomic E-state index is 7.22. The fourth-order valence-corrected chi connectivity index (χ4v) is 1.70. The summed E-state index contributed by atoms with van der Waals surface area (Å²) in [5.74, 6) is 0. The van der Waals surface area contributed by atoms with Crippen LogP contribution in [0.4, 0.5) is 11.4 Å². The Kier molecular flexibility index (Phi) is 1.41. The number of anilines is 2. The summed E-state index contributed by atoms with van der Waals surface area (Å²) in [5.41, 5.74) is 1.33. The highest BCUT2D eigenvalue weighted by atomic mass is 16.5. The zero-order valence-electron chi connectivity index (χ0n) is 14.2. The Bertz CT molecular complexity index is 504. The molecule has 2 atom stereocenters. The van der Waals surface area contributed by atoms with E-state index < -0.39 is 26.5 Å². The minimum absolute atomic E-state index is 0.639. The number of benzene rings is 1. The molecular weight excluding hydrogens is 192 g/mol. The van der Waals surface area contributed by atoms with Gasteiger partial charge in [-0.1, -0.05) is 12.1 Å². The molecule has 0 aliphatic carbocycles. The second-order valence-electron chi connectivity index (χ2n) is 3.32. The molecule has 4 nitrogen and oxygen atoms in total. The zero-order chi connectivity index (χ0) is 15.8. The van der Waals surface area contributed by atoms with Gasteiger partial charge in [0.1, 0.15) is 0 Å². The van der Waals surface area contributed by atoms with E-state index in [0.29, 0.717) is 11.4 Å². The van der Waals surface area contributed by atoms with Crippen LogP contribution in [0.3, 0.4) is 0 Å². The molecule has 1 aliphatic heterocycles. The van der Waals surface area contributed by atoms with E-state index in [0.717, 1.165) is 0 Å². The van der Waals surface area contributed by atoms with Gasteiger partial charge in [-0.2, -0.15) is 0 Å². The van der Waals surface area contributed by atoms with E-state index in [1.54, 1.807) is 31.3 Å². The Morgan fingerprint density at radius 2 is 2.13 bits per heavy atom. The quantitative estimate of drug-likeness (QED) is 0.809. The zero-order valence-corrected chi connectivity index (χ0v) is 8.23. The highest BCUT2D eigenvalue weighted by Crippen LogP contribution is 2.32. The van der Waals surface area contributed by atoms with Crippen molar-refractivity contribution in [3.8, 4) is 0 Å². The van der Waals surface area contributed by atoms with Gasteiger partial charge in [-0.3, -0.25) is 0 Å². The van der Waals surface area contributed by atoms with Crippen molar-refractivity contribution in [3.05, 3.63) is 24.3 Å². The van der Waals surface area contributed by atoms with Crippen LogP contribution in [0, 0.1) is 0 Å². The Morgan fingerprint density at radius 3 is 2.93 bits per heavy atom. The Hall–Kier alpha value is -1.26. The lowest BCUT2D eigenvalue weighted by Gasteiger charge is -2.40. The Labute approximate surface area is 98.2 Å². The first-order valence-corrected chi connectivity index (χ1v) is 4.51. The van der Waals surface area contributed by atoms with Crippen LogP contribution in [-0.4, -0.2) is 33.6 Å². The summed E-state index contributed by atoms with van der Waals surface area (Å²) in [7, 11) is -3.74. The van der Waals surface area contributed by atoms with Gasteiger partial charge in [0.15, 0.2) is 12.5 Å².